The molecule has 2 N–H and O–H groups in total. The molecule has 0 atom stereocenters. The Hall–Kier alpha value is -3.22. The maximum absolute atomic E-state index is 13.0. The molecule has 4 rings (SSSR count). The van der Waals surface area contributed by atoms with Crippen LogP contribution >= 0.6 is 0 Å². The van der Waals surface area contributed by atoms with Crippen LogP contribution in [0.25, 0.3) is 11.1 Å². The van der Waals surface area contributed by atoms with Gasteiger partial charge in [-0.15, -0.1) is 0 Å². The summed E-state index contributed by atoms with van der Waals surface area (Å²) in [4.78, 5) is 27.1. The zero-order valence-electron chi connectivity index (χ0n) is 14.6. The van der Waals surface area contributed by atoms with Crippen LogP contribution in [0.1, 0.15) is 34.9 Å². The van der Waals surface area contributed by atoms with E-state index in [4.69, 9.17) is 0 Å². The molecule has 1 amide bonds. The molecule has 3 aromatic rings. The van der Waals surface area contributed by atoms with Gasteiger partial charge in [0.1, 0.15) is 11.5 Å². The van der Waals surface area contributed by atoms with E-state index in [1.165, 1.54) is 22.9 Å². The summed E-state index contributed by atoms with van der Waals surface area (Å²) in [7, 11) is 0. The molecule has 0 saturated heterocycles. The summed E-state index contributed by atoms with van der Waals surface area (Å²) in [5, 5.41) is 7.15. The fourth-order valence-electron chi connectivity index (χ4n) is 2.93. The van der Waals surface area contributed by atoms with Crippen molar-refractivity contribution < 1.29 is 9.18 Å². The topological polar surface area (TPSA) is 79.8 Å². The quantitative estimate of drug-likeness (QED) is 0.704. The molecule has 0 spiro atoms. The Morgan fingerprint density at radius 1 is 1.19 bits per heavy atom. The third kappa shape index (κ3) is 3.97. The van der Waals surface area contributed by atoms with Crippen LogP contribution < -0.4 is 10.9 Å². The minimum absolute atomic E-state index is 0.174. The highest BCUT2D eigenvalue weighted by molar-refractivity contribution is 5.93. The molecule has 2 aromatic heterocycles. The van der Waals surface area contributed by atoms with Crippen LogP contribution in [-0.2, 0) is 6.54 Å². The van der Waals surface area contributed by atoms with Crippen molar-refractivity contribution in [2.45, 2.75) is 25.3 Å². The molecular weight excluding hydrogens is 347 g/mol. The van der Waals surface area contributed by atoms with E-state index < -0.39 is 0 Å². The number of rotatable bonds is 6. The van der Waals surface area contributed by atoms with Crippen LogP contribution in [0.5, 0.6) is 0 Å². The van der Waals surface area contributed by atoms with Gasteiger partial charge in [0, 0.05) is 24.7 Å². The summed E-state index contributed by atoms with van der Waals surface area (Å²) < 4.78 is 14.4. The fraction of sp³-hybridized carbons (Fsp3) is 0.250. The minimum atomic E-state index is -0.304. The van der Waals surface area contributed by atoms with Crippen LogP contribution in [-0.4, -0.2) is 27.2 Å². The number of carbonyl (C=O) groups is 1. The lowest BCUT2D eigenvalue weighted by Gasteiger charge is -2.07. The van der Waals surface area contributed by atoms with E-state index in [-0.39, 0.29) is 17.3 Å². The van der Waals surface area contributed by atoms with Crippen molar-refractivity contribution in [1.29, 1.82) is 0 Å². The smallest absolute Gasteiger partial charge is 0.267 e. The lowest BCUT2D eigenvalue weighted by molar-refractivity contribution is 0.0947. The summed E-state index contributed by atoms with van der Waals surface area (Å²) in [6.07, 6.45) is 3.93. The predicted molar refractivity (Wildman–Crippen MR) is 99.0 cm³/mol. The van der Waals surface area contributed by atoms with Crippen LogP contribution in [0.4, 0.5) is 4.39 Å². The van der Waals surface area contributed by atoms with Crippen molar-refractivity contribution in [2.75, 3.05) is 6.54 Å². The predicted octanol–water partition coefficient (Wildman–Crippen LogP) is 2.68. The second-order valence-electron chi connectivity index (χ2n) is 6.66. The number of benzene rings is 1. The van der Waals surface area contributed by atoms with Crippen LogP contribution in [0, 0.1) is 5.82 Å². The largest absolute Gasteiger partial charge is 0.357 e. The van der Waals surface area contributed by atoms with Crippen molar-refractivity contribution in [3.63, 3.8) is 0 Å². The van der Waals surface area contributed by atoms with E-state index in [1.807, 2.05) is 0 Å². The van der Waals surface area contributed by atoms with E-state index >= 15 is 0 Å². The van der Waals surface area contributed by atoms with Gasteiger partial charge in [-0.1, -0.05) is 12.1 Å². The van der Waals surface area contributed by atoms with Crippen LogP contribution in [0.15, 0.2) is 53.5 Å². The van der Waals surface area contributed by atoms with Gasteiger partial charge in [0.15, 0.2) is 0 Å². The summed E-state index contributed by atoms with van der Waals surface area (Å²) in [6, 6.07) is 11.1. The van der Waals surface area contributed by atoms with Gasteiger partial charge >= 0.3 is 0 Å². The van der Waals surface area contributed by atoms with Crippen molar-refractivity contribution in [2.24, 2.45) is 0 Å². The fourth-order valence-corrected chi connectivity index (χ4v) is 2.93. The number of H-pyrrole nitrogens is 1. The zero-order chi connectivity index (χ0) is 18.8. The first-order valence-electron chi connectivity index (χ1n) is 8.91. The molecule has 1 fully saturated rings. The molecule has 1 saturated carbocycles. The SMILES string of the molecule is O=C(NCCn1nc(C2CC2)ccc1=O)c1cc(-c2ccc(F)cc2)c[nH]1. The number of aromatic nitrogens is 3. The summed E-state index contributed by atoms with van der Waals surface area (Å²) >= 11 is 0. The van der Waals surface area contributed by atoms with Gasteiger partial charge in [0.2, 0.25) is 0 Å². The van der Waals surface area contributed by atoms with Crippen molar-refractivity contribution in [3.8, 4) is 11.1 Å². The number of hydrogen-bond acceptors (Lipinski definition) is 3. The average molecular weight is 366 g/mol. The molecule has 1 aliphatic carbocycles. The Morgan fingerprint density at radius 3 is 2.70 bits per heavy atom. The molecule has 2 heterocycles. The molecular formula is C20H19FN4O2. The van der Waals surface area contributed by atoms with Crippen LogP contribution in [0.2, 0.25) is 0 Å². The summed E-state index contributed by atoms with van der Waals surface area (Å²) in [6.45, 7) is 0.613. The number of hydrogen-bond donors (Lipinski definition) is 2. The van der Waals surface area contributed by atoms with E-state index in [0.717, 1.165) is 29.7 Å². The second-order valence-corrected chi connectivity index (χ2v) is 6.66. The highest BCUT2D eigenvalue weighted by Gasteiger charge is 2.25. The average Bonchev–Trinajstić information content (AvgIpc) is 3.40. The number of nitrogens with one attached hydrogen (secondary N) is 2. The summed E-state index contributed by atoms with van der Waals surface area (Å²) in [5.41, 5.74) is 2.79. The van der Waals surface area contributed by atoms with Gasteiger partial charge in [0.05, 0.1) is 12.2 Å². The molecule has 6 nitrogen and oxygen atoms in total. The van der Waals surface area contributed by atoms with Gasteiger partial charge in [-0.2, -0.15) is 5.10 Å². The number of carbonyl (C=O) groups excluding carboxylic acids is 1. The Labute approximate surface area is 155 Å². The normalized spacial score (nSPS) is 13.5. The van der Waals surface area contributed by atoms with E-state index in [1.54, 1.807) is 30.5 Å². The number of aromatic amines is 1. The van der Waals surface area contributed by atoms with Gasteiger partial charge < -0.3 is 10.3 Å². The third-order valence-electron chi connectivity index (χ3n) is 4.60. The standard InChI is InChI=1S/C20H19FN4O2/c21-16-5-3-13(4-6-16)15-11-18(23-12-15)20(27)22-9-10-25-19(26)8-7-17(24-25)14-1-2-14/h3-8,11-12,14,23H,1-2,9-10H2,(H,22,27). The van der Waals surface area contributed by atoms with Gasteiger partial charge in [-0.05, 0) is 48.2 Å². The molecule has 27 heavy (non-hydrogen) atoms. The molecule has 0 bridgehead atoms. The van der Waals surface area contributed by atoms with Crippen LogP contribution in [0.3, 0.4) is 0 Å². The van der Waals surface area contributed by atoms with E-state index in [9.17, 15) is 14.0 Å². The Morgan fingerprint density at radius 2 is 1.96 bits per heavy atom. The van der Waals surface area contributed by atoms with Gasteiger partial charge in [-0.3, -0.25) is 9.59 Å². The maximum Gasteiger partial charge on any atom is 0.267 e. The highest BCUT2D eigenvalue weighted by Crippen LogP contribution is 2.38. The minimum Gasteiger partial charge on any atom is -0.357 e. The molecule has 0 aliphatic heterocycles. The van der Waals surface area contributed by atoms with Crippen molar-refractivity contribution in [3.05, 3.63) is 76.2 Å². The Balaban J connectivity index is 1.37. The number of halogens is 1. The highest BCUT2D eigenvalue weighted by atomic mass is 19.1. The molecule has 7 heteroatoms. The van der Waals surface area contributed by atoms with E-state index in [0.29, 0.717) is 24.7 Å². The number of nitrogens with zero attached hydrogens (tertiary/aromatic N) is 2. The first-order valence-corrected chi connectivity index (χ1v) is 8.91. The molecule has 1 aliphatic rings. The monoisotopic (exact) mass is 366 g/mol. The first-order chi connectivity index (χ1) is 13.1. The zero-order valence-corrected chi connectivity index (χ0v) is 14.6. The maximum atomic E-state index is 13.0. The molecule has 138 valence electrons. The number of amides is 1. The Bertz CT molecular complexity index is 1020. The first kappa shape index (κ1) is 17.2. The summed E-state index contributed by atoms with van der Waals surface area (Å²) in [5.74, 6) is -0.105. The molecule has 0 unspecified atom stereocenters. The van der Waals surface area contributed by atoms with E-state index in [2.05, 4.69) is 15.4 Å². The second kappa shape index (κ2) is 7.19. The molecule has 0 radical (unpaired) electrons. The molecule has 1 aromatic carbocycles. The van der Waals surface area contributed by atoms with Gasteiger partial charge in [-0.25, -0.2) is 9.07 Å². The van der Waals surface area contributed by atoms with Crippen molar-refractivity contribution >= 4 is 5.91 Å². The lowest BCUT2D eigenvalue weighted by Crippen LogP contribution is -2.32. The third-order valence-corrected chi connectivity index (χ3v) is 4.60. The lowest BCUT2D eigenvalue weighted by atomic mass is 10.1. The van der Waals surface area contributed by atoms with Crippen molar-refractivity contribution in [1.82, 2.24) is 20.1 Å². The Kier molecular flexibility index (Phi) is 4.58. The van der Waals surface area contributed by atoms with Gasteiger partial charge in [0.25, 0.3) is 11.5 Å².